The van der Waals surface area contributed by atoms with E-state index in [4.69, 9.17) is 5.73 Å². The largest absolute Gasteiger partial charge is 0.325 e. The van der Waals surface area contributed by atoms with Gasteiger partial charge in [-0.3, -0.25) is 0 Å². The Morgan fingerprint density at radius 1 is 1.54 bits per heavy atom. The third-order valence-electron chi connectivity index (χ3n) is 3.06. The van der Waals surface area contributed by atoms with Crippen molar-refractivity contribution in [2.45, 2.75) is 31.2 Å². The van der Waals surface area contributed by atoms with Crippen LogP contribution in [0.4, 0.5) is 4.39 Å². The van der Waals surface area contributed by atoms with E-state index in [2.05, 4.69) is 6.92 Å². The van der Waals surface area contributed by atoms with Gasteiger partial charge in [0.2, 0.25) is 0 Å². The molecule has 0 amide bonds. The van der Waals surface area contributed by atoms with E-state index in [9.17, 15) is 4.39 Å². The number of hydrogen-bond donors (Lipinski definition) is 1. The Kier molecular flexibility index (Phi) is 1.88. The smallest absolute Gasteiger partial charge is 0.126 e. The van der Waals surface area contributed by atoms with Gasteiger partial charge in [0.25, 0.3) is 0 Å². The molecular formula is C11H14FN. The minimum absolute atomic E-state index is 0.117. The Hall–Kier alpha value is -0.890. The summed E-state index contributed by atoms with van der Waals surface area (Å²) < 4.78 is 13.3. The van der Waals surface area contributed by atoms with E-state index in [1.54, 1.807) is 6.07 Å². The zero-order valence-electron chi connectivity index (χ0n) is 7.76. The summed E-state index contributed by atoms with van der Waals surface area (Å²) >= 11 is 0. The summed E-state index contributed by atoms with van der Waals surface area (Å²) in [6, 6.07) is 6.92. The molecule has 1 aliphatic rings. The first-order valence-corrected chi connectivity index (χ1v) is 4.70. The van der Waals surface area contributed by atoms with Crippen LogP contribution < -0.4 is 5.73 Å². The van der Waals surface area contributed by atoms with Crippen LogP contribution in [0.25, 0.3) is 0 Å². The molecule has 0 heterocycles. The van der Waals surface area contributed by atoms with Gasteiger partial charge in [0.05, 0.1) is 0 Å². The summed E-state index contributed by atoms with van der Waals surface area (Å²) in [6.07, 6.45) is 1.84. The van der Waals surface area contributed by atoms with Gasteiger partial charge in [-0.25, -0.2) is 4.39 Å². The van der Waals surface area contributed by atoms with Crippen molar-refractivity contribution in [1.82, 2.24) is 0 Å². The lowest BCUT2D eigenvalue weighted by Gasteiger charge is -2.08. The van der Waals surface area contributed by atoms with Crippen LogP contribution in [0.5, 0.6) is 0 Å². The van der Waals surface area contributed by atoms with Crippen LogP contribution in [0.3, 0.4) is 0 Å². The third kappa shape index (κ3) is 1.35. The van der Waals surface area contributed by atoms with Crippen LogP contribution in [0.15, 0.2) is 24.3 Å². The summed E-state index contributed by atoms with van der Waals surface area (Å²) in [5.41, 5.74) is 6.67. The van der Waals surface area contributed by atoms with Gasteiger partial charge in [-0.05, 0) is 24.5 Å². The van der Waals surface area contributed by atoms with Gasteiger partial charge in [-0.2, -0.15) is 0 Å². The highest BCUT2D eigenvalue weighted by Crippen LogP contribution is 2.51. The number of hydrogen-bond acceptors (Lipinski definition) is 1. The molecule has 0 aromatic heterocycles. The van der Waals surface area contributed by atoms with Crippen molar-refractivity contribution in [1.29, 1.82) is 0 Å². The van der Waals surface area contributed by atoms with Crippen LogP contribution in [0.1, 0.15) is 31.2 Å². The van der Waals surface area contributed by atoms with E-state index in [0.29, 0.717) is 0 Å². The molecule has 1 nitrogen and oxygen atoms in total. The second-order valence-electron chi connectivity index (χ2n) is 3.86. The van der Waals surface area contributed by atoms with Crippen molar-refractivity contribution in [3.05, 3.63) is 35.6 Å². The maximum Gasteiger partial charge on any atom is 0.126 e. The van der Waals surface area contributed by atoms with E-state index in [1.165, 1.54) is 6.07 Å². The molecule has 13 heavy (non-hydrogen) atoms. The van der Waals surface area contributed by atoms with Gasteiger partial charge in [0, 0.05) is 11.5 Å². The molecule has 1 saturated carbocycles. The second kappa shape index (κ2) is 2.81. The summed E-state index contributed by atoms with van der Waals surface area (Å²) in [7, 11) is 0. The summed E-state index contributed by atoms with van der Waals surface area (Å²) in [5, 5.41) is 0. The van der Waals surface area contributed by atoms with Gasteiger partial charge < -0.3 is 5.73 Å². The molecule has 1 aromatic rings. The molecule has 0 bridgehead atoms. The predicted molar refractivity (Wildman–Crippen MR) is 51.0 cm³/mol. The molecule has 2 unspecified atom stereocenters. The van der Waals surface area contributed by atoms with Crippen LogP contribution in [-0.2, 0) is 0 Å². The summed E-state index contributed by atoms with van der Waals surface area (Å²) in [5.74, 6) is 0.118. The lowest BCUT2D eigenvalue weighted by molar-refractivity contribution is 0.583. The normalized spacial score (nSPS) is 31.8. The van der Waals surface area contributed by atoms with Crippen LogP contribution in [-0.4, -0.2) is 5.54 Å². The molecule has 2 rings (SSSR count). The first-order valence-electron chi connectivity index (χ1n) is 4.70. The molecule has 70 valence electrons. The van der Waals surface area contributed by atoms with E-state index in [-0.39, 0.29) is 17.3 Å². The minimum Gasteiger partial charge on any atom is -0.325 e. The predicted octanol–water partition coefficient (Wildman–Crippen LogP) is 2.42. The van der Waals surface area contributed by atoms with Gasteiger partial charge in [0.1, 0.15) is 5.82 Å². The fourth-order valence-corrected chi connectivity index (χ4v) is 1.89. The Labute approximate surface area is 77.8 Å². The zero-order chi connectivity index (χ0) is 9.47. The van der Waals surface area contributed by atoms with Crippen molar-refractivity contribution in [2.24, 2.45) is 5.73 Å². The van der Waals surface area contributed by atoms with Gasteiger partial charge in [-0.15, -0.1) is 0 Å². The van der Waals surface area contributed by atoms with E-state index in [0.717, 1.165) is 18.4 Å². The van der Waals surface area contributed by atoms with Crippen LogP contribution in [0.2, 0.25) is 0 Å². The Morgan fingerprint density at radius 3 is 2.77 bits per heavy atom. The first-order chi connectivity index (χ1) is 6.17. The Bertz CT molecular complexity index is 324. The Morgan fingerprint density at radius 2 is 2.23 bits per heavy atom. The average Bonchev–Trinajstić information content (AvgIpc) is 2.80. The molecule has 0 spiro atoms. The summed E-state index contributed by atoms with van der Waals surface area (Å²) in [4.78, 5) is 0. The second-order valence-corrected chi connectivity index (χ2v) is 3.86. The van der Waals surface area contributed by atoms with E-state index < -0.39 is 0 Å². The fraction of sp³-hybridized carbons (Fsp3) is 0.455. The SMILES string of the molecule is CCC1(N)CC1c1ccccc1F. The molecule has 0 saturated heterocycles. The molecular weight excluding hydrogens is 165 g/mol. The molecule has 1 aliphatic carbocycles. The van der Waals surface area contributed by atoms with Gasteiger partial charge in [0.15, 0.2) is 0 Å². The van der Waals surface area contributed by atoms with Gasteiger partial charge >= 0.3 is 0 Å². The quantitative estimate of drug-likeness (QED) is 0.741. The number of nitrogens with two attached hydrogens (primary N) is 1. The van der Waals surface area contributed by atoms with Crippen molar-refractivity contribution < 1.29 is 4.39 Å². The highest BCUT2D eigenvalue weighted by molar-refractivity contribution is 5.33. The molecule has 2 N–H and O–H groups in total. The lowest BCUT2D eigenvalue weighted by atomic mass is 10.0. The van der Waals surface area contributed by atoms with Crippen molar-refractivity contribution in [2.75, 3.05) is 0 Å². The maximum absolute atomic E-state index is 13.3. The monoisotopic (exact) mass is 179 g/mol. The third-order valence-corrected chi connectivity index (χ3v) is 3.06. The topological polar surface area (TPSA) is 26.0 Å². The molecule has 2 heteroatoms. The lowest BCUT2D eigenvalue weighted by Crippen LogP contribution is -2.23. The van der Waals surface area contributed by atoms with Crippen LogP contribution >= 0.6 is 0 Å². The van der Waals surface area contributed by atoms with E-state index >= 15 is 0 Å². The molecule has 0 aliphatic heterocycles. The highest BCUT2D eigenvalue weighted by Gasteiger charge is 2.50. The van der Waals surface area contributed by atoms with Crippen LogP contribution in [0, 0.1) is 5.82 Å². The fourth-order valence-electron chi connectivity index (χ4n) is 1.89. The van der Waals surface area contributed by atoms with Crippen molar-refractivity contribution >= 4 is 0 Å². The molecule has 1 fully saturated rings. The zero-order valence-corrected chi connectivity index (χ0v) is 7.76. The van der Waals surface area contributed by atoms with Gasteiger partial charge in [-0.1, -0.05) is 25.1 Å². The first kappa shape index (κ1) is 8.70. The summed E-state index contributed by atoms with van der Waals surface area (Å²) in [6.45, 7) is 2.06. The molecule has 2 atom stereocenters. The number of benzene rings is 1. The number of rotatable bonds is 2. The minimum atomic E-state index is -0.137. The van der Waals surface area contributed by atoms with E-state index in [1.807, 2.05) is 12.1 Å². The standard InChI is InChI=1S/C11H14FN/c1-2-11(13)7-9(11)8-5-3-4-6-10(8)12/h3-6,9H,2,7,13H2,1H3. The molecule has 1 aromatic carbocycles. The number of halogens is 1. The van der Waals surface area contributed by atoms with Crippen molar-refractivity contribution in [3.8, 4) is 0 Å². The average molecular weight is 179 g/mol. The Balaban J connectivity index is 2.25. The highest BCUT2D eigenvalue weighted by atomic mass is 19.1. The molecule has 0 radical (unpaired) electrons. The maximum atomic E-state index is 13.3. The van der Waals surface area contributed by atoms with Crippen molar-refractivity contribution in [3.63, 3.8) is 0 Å².